The molecule has 3 aromatic rings. The average Bonchev–Trinajstić information content (AvgIpc) is 3.08. The Balaban J connectivity index is 1.79. The lowest BCUT2D eigenvalue weighted by Gasteiger charge is -2.08. The molecule has 1 heterocycles. The molecule has 2 aromatic carbocycles. The molecular weight excluding hydrogens is 268 g/mol. The van der Waals surface area contributed by atoms with E-state index >= 15 is 0 Å². The summed E-state index contributed by atoms with van der Waals surface area (Å²) < 4.78 is 6.76. The number of rotatable bonds is 4. The van der Waals surface area contributed by atoms with Crippen LogP contribution in [0, 0.1) is 0 Å². The van der Waals surface area contributed by atoms with E-state index in [0.29, 0.717) is 11.3 Å². The van der Waals surface area contributed by atoms with Gasteiger partial charge >= 0.3 is 5.97 Å². The highest BCUT2D eigenvalue weighted by molar-refractivity contribution is 5.93. The third-order valence-electron chi connectivity index (χ3n) is 2.93. The first kappa shape index (κ1) is 13.0. The maximum Gasteiger partial charge on any atom is 0.340 e. The molecule has 6 heteroatoms. The summed E-state index contributed by atoms with van der Waals surface area (Å²) in [5.74, 6) is -0.412. The second kappa shape index (κ2) is 5.96. The summed E-state index contributed by atoms with van der Waals surface area (Å²) in [5.41, 5.74) is 1.94. The highest BCUT2D eigenvalue weighted by atomic mass is 16.5. The molecule has 0 bridgehead atoms. The minimum atomic E-state index is -0.412. The number of hydrogen-bond donors (Lipinski definition) is 0. The average molecular weight is 280 g/mol. The minimum Gasteiger partial charge on any atom is -0.457 e. The topological polar surface area (TPSA) is 69.9 Å². The van der Waals surface area contributed by atoms with E-state index in [1.165, 1.54) is 11.0 Å². The summed E-state index contributed by atoms with van der Waals surface area (Å²) in [6.07, 6.45) is 1.43. The first-order valence-corrected chi connectivity index (χ1v) is 6.38. The van der Waals surface area contributed by atoms with E-state index in [-0.39, 0.29) is 6.61 Å². The molecule has 104 valence electrons. The molecule has 3 rings (SSSR count). The molecule has 0 saturated carbocycles. The van der Waals surface area contributed by atoms with Crippen LogP contribution in [0.3, 0.4) is 0 Å². The Hall–Kier alpha value is -3.02. The molecule has 0 atom stereocenters. The van der Waals surface area contributed by atoms with Crippen molar-refractivity contribution >= 4 is 5.97 Å². The largest absolute Gasteiger partial charge is 0.457 e. The first-order chi connectivity index (χ1) is 10.3. The van der Waals surface area contributed by atoms with Crippen LogP contribution < -0.4 is 0 Å². The lowest BCUT2D eigenvalue weighted by Crippen LogP contribution is -2.10. The number of aromatic nitrogens is 4. The van der Waals surface area contributed by atoms with Gasteiger partial charge < -0.3 is 4.74 Å². The van der Waals surface area contributed by atoms with Gasteiger partial charge in [-0.3, -0.25) is 0 Å². The lowest BCUT2D eigenvalue weighted by molar-refractivity contribution is 0.0472. The third-order valence-corrected chi connectivity index (χ3v) is 2.93. The van der Waals surface area contributed by atoms with E-state index in [1.54, 1.807) is 18.2 Å². The van der Waals surface area contributed by atoms with Crippen LogP contribution in [0.4, 0.5) is 0 Å². The molecule has 0 aliphatic carbocycles. The summed E-state index contributed by atoms with van der Waals surface area (Å²) in [4.78, 5) is 12.2. The number of carbonyl (C=O) groups is 1. The molecule has 1 aromatic heterocycles. The van der Waals surface area contributed by atoms with Gasteiger partial charge in [0.15, 0.2) is 0 Å². The summed E-state index contributed by atoms with van der Waals surface area (Å²) in [5, 5.41) is 10.9. The lowest BCUT2D eigenvalue weighted by atomic mass is 10.2. The van der Waals surface area contributed by atoms with E-state index < -0.39 is 5.97 Å². The second-order valence-corrected chi connectivity index (χ2v) is 4.33. The Morgan fingerprint density at radius 2 is 1.81 bits per heavy atom. The van der Waals surface area contributed by atoms with Crippen LogP contribution in [0.5, 0.6) is 0 Å². The first-order valence-electron chi connectivity index (χ1n) is 6.38. The van der Waals surface area contributed by atoms with Gasteiger partial charge in [0.2, 0.25) is 0 Å². The minimum absolute atomic E-state index is 0.226. The number of nitrogens with zero attached hydrogens (tertiary/aromatic N) is 4. The predicted octanol–water partition coefficient (Wildman–Crippen LogP) is 2.02. The number of benzene rings is 2. The monoisotopic (exact) mass is 280 g/mol. The summed E-state index contributed by atoms with van der Waals surface area (Å²) in [6.45, 7) is 0.226. The van der Waals surface area contributed by atoms with Gasteiger partial charge in [-0.15, -0.1) is 5.10 Å². The van der Waals surface area contributed by atoms with Gasteiger partial charge in [-0.25, -0.2) is 4.79 Å². The molecule has 0 fully saturated rings. The van der Waals surface area contributed by atoms with Gasteiger partial charge in [-0.05, 0) is 28.1 Å². The molecule has 0 spiro atoms. The van der Waals surface area contributed by atoms with Crippen molar-refractivity contribution in [3.05, 3.63) is 72.1 Å². The van der Waals surface area contributed by atoms with Crippen molar-refractivity contribution in [3.8, 4) is 5.69 Å². The number of carbonyl (C=O) groups excluding carboxylic acids is 1. The molecule has 21 heavy (non-hydrogen) atoms. The maximum absolute atomic E-state index is 12.2. The van der Waals surface area contributed by atoms with Crippen LogP contribution in [0.2, 0.25) is 0 Å². The highest BCUT2D eigenvalue weighted by Crippen LogP contribution is 2.14. The van der Waals surface area contributed by atoms with Gasteiger partial charge in [0.1, 0.15) is 12.9 Å². The maximum atomic E-state index is 12.2. The number of tetrazole rings is 1. The Morgan fingerprint density at radius 1 is 1.05 bits per heavy atom. The molecule has 6 nitrogen and oxygen atoms in total. The van der Waals surface area contributed by atoms with Gasteiger partial charge in [0, 0.05) is 0 Å². The second-order valence-electron chi connectivity index (χ2n) is 4.33. The normalized spacial score (nSPS) is 10.3. The zero-order chi connectivity index (χ0) is 14.5. The SMILES string of the molecule is O=C(OCc1ccccc1)c1ccccc1-n1cnnn1. The van der Waals surface area contributed by atoms with Crippen molar-refractivity contribution < 1.29 is 9.53 Å². The van der Waals surface area contributed by atoms with Crippen LogP contribution in [-0.4, -0.2) is 26.2 Å². The smallest absolute Gasteiger partial charge is 0.340 e. The fraction of sp³-hybridized carbons (Fsp3) is 0.0667. The van der Waals surface area contributed by atoms with Crippen molar-refractivity contribution in [1.29, 1.82) is 0 Å². The quantitative estimate of drug-likeness (QED) is 0.684. The molecule has 0 saturated heterocycles. The number of para-hydroxylation sites is 1. The van der Waals surface area contributed by atoms with Crippen molar-refractivity contribution in [3.63, 3.8) is 0 Å². The summed E-state index contributed by atoms with van der Waals surface area (Å²) in [7, 11) is 0. The molecule has 0 unspecified atom stereocenters. The fourth-order valence-corrected chi connectivity index (χ4v) is 1.92. The standard InChI is InChI=1S/C15H12N4O2/c20-15(21-10-12-6-2-1-3-7-12)13-8-4-5-9-14(13)19-11-16-17-18-19/h1-9,11H,10H2. The highest BCUT2D eigenvalue weighted by Gasteiger charge is 2.14. The van der Waals surface area contributed by atoms with Crippen LogP contribution in [0.1, 0.15) is 15.9 Å². The number of hydrogen-bond acceptors (Lipinski definition) is 5. The Bertz CT molecular complexity index is 726. The van der Waals surface area contributed by atoms with E-state index in [2.05, 4.69) is 15.5 Å². The zero-order valence-corrected chi connectivity index (χ0v) is 11.1. The molecular formula is C15H12N4O2. The zero-order valence-electron chi connectivity index (χ0n) is 11.1. The summed E-state index contributed by atoms with van der Waals surface area (Å²) >= 11 is 0. The predicted molar refractivity (Wildman–Crippen MR) is 74.7 cm³/mol. The number of esters is 1. The van der Waals surface area contributed by atoms with E-state index in [0.717, 1.165) is 5.56 Å². The van der Waals surface area contributed by atoms with Crippen LogP contribution in [0.15, 0.2) is 60.9 Å². The van der Waals surface area contributed by atoms with Crippen molar-refractivity contribution in [1.82, 2.24) is 20.2 Å². The van der Waals surface area contributed by atoms with Gasteiger partial charge in [-0.2, -0.15) is 4.68 Å². The van der Waals surface area contributed by atoms with Crippen LogP contribution >= 0.6 is 0 Å². The van der Waals surface area contributed by atoms with Crippen LogP contribution in [-0.2, 0) is 11.3 Å². The van der Waals surface area contributed by atoms with Crippen LogP contribution in [0.25, 0.3) is 5.69 Å². The van der Waals surface area contributed by atoms with Gasteiger partial charge in [-0.1, -0.05) is 42.5 Å². The van der Waals surface area contributed by atoms with E-state index in [4.69, 9.17) is 4.74 Å². The van der Waals surface area contributed by atoms with E-state index in [1.807, 2.05) is 36.4 Å². The van der Waals surface area contributed by atoms with Gasteiger partial charge in [0.05, 0.1) is 11.3 Å². The van der Waals surface area contributed by atoms with Gasteiger partial charge in [0.25, 0.3) is 0 Å². The van der Waals surface area contributed by atoms with Crippen molar-refractivity contribution in [2.45, 2.75) is 6.61 Å². The molecule has 0 amide bonds. The molecule has 0 N–H and O–H groups in total. The van der Waals surface area contributed by atoms with Crippen molar-refractivity contribution in [2.24, 2.45) is 0 Å². The molecule has 0 aliphatic heterocycles. The fourth-order valence-electron chi connectivity index (χ4n) is 1.92. The Labute approximate surface area is 121 Å². The molecule has 0 radical (unpaired) electrons. The third kappa shape index (κ3) is 2.94. The Morgan fingerprint density at radius 3 is 2.57 bits per heavy atom. The molecule has 0 aliphatic rings. The van der Waals surface area contributed by atoms with Crippen molar-refractivity contribution in [2.75, 3.05) is 0 Å². The number of ether oxygens (including phenoxy) is 1. The Kier molecular flexibility index (Phi) is 3.68. The van der Waals surface area contributed by atoms with E-state index in [9.17, 15) is 4.79 Å². The summed E-state index contributed by atoms with van der Waals surface area (Å²) in [6, 6.07) is 16.5.